The monoisotopic (exact) mass is 327 g/mol. The highest BCUT2D eigenvalue weighted by Gasteiger charge is 2.16. The zero-order valence-corrected chi connectivity index (χ0v) is 13.2. The van der Waals surface area contributed by atoms with E-state index in [1.165, 1.54) is 4.90 Å². The van der Waals surface area contributed by atoms with Gasteiger partial charge in [0, 0.05) is 30.7 Å². The van der Waals surface area contributed by atoms with E-state index in [-0.39, 0.29) is 11.7 Å². The van der Waals surface area contributed by atoms with E-state index in [0.29, 0.717) is 29.0 Å². The summed E-state index contributed by atoms with van der Waals surface area (Å²) in [6.45, 7) is 0.723. The second-order valence-electron chi connectivity index (χ2n) is 4.64. The molecule has 0 spiro atoms. The predicted octanol–water partition coefficient (Wildman–Crippen LogP) is 4.01. The molecule has 0 saturated heterocycles. The molecule has 21 heavy (non-hydrogen) atoms. The quantitative estimate of drug-likeness (QED) is 0.833. The molecule has 4 nitrogen and oxygen atoms in total. The van der Waals surface area contributed by atoms with Gasteiger partial charge in [-0.05, 0) is 35.9 Å². The van der Waals surface area contributed by atoms with E-state index in [2.05, 4.69) is 0 Å². The number of ether oxygens (including phenoxy) is 1. The number of rotatable bonds is 5. The number of carbonyl (C=O) groups is 1. The van der Waals surface area contributed by atoms with Gasteiger partial charge in [-0.25, -0.2) is 0 Å². The Morgan fingerprint density at radius 3 is 2.52 bits per heavy atom. The van der Waals surface area contributed by atoms with Crippen LogP contribution in [-0.2, 0) is 17.9 Å². The molecular formula is C15H15Cl2NO3. The lowest BCUT2D eigenvalue weighted by molar-refractivity contribution is 0.0745. The smallest absolute Gasteiger partial charge is 0.289 e. The summed E-state index contributed by atoms with van der Waals surface area (Å²) in [6.07, 6.45) is 0. The Kier molecular flexibility index (Phi) is 5.28. The van der Waals surface area contributed by atoms with Gasteiger partial charge in [0.2, 0.25) is 0 Å². The Labute approximate surface area is 133 Å². The van der Waals surface area contributed by atoms with E-state index < -0.39 is 0 Å². The summed E-state index contributed by atoms with van der Waals surface area (Å²) in [5, 5.41) is 1.08. The van der Waals surface area contributed by atoms with Crippen molar-refractivity contribution in [3.63, 3.8) is 0 Å². The molecule has 0 aliphatic carbocycles. The summed E-state index contributed by atoms with van der Waals surface area (Å²) in [6, 6.07) is 8.56. The number of nitrogens with zero attached hydrogens (tertiary/aromatic N) is 1. The summed E-state index contributed by atoms with van der Waals surface area (Å²) in [7, 11) is 3.26. The molecular weight excluding hydrogens is 313 g/mol. The van der Waals surface area contributed by atoms with E-state index in [1.54, 1.807) is 44.5 Å². The van der Waals surface area contributed by atoms with Gasteiger partial charge < -0.3 is 14.1 Å². The molecule has 0 aliphatic heterocycles. The van der Waals surface area contributed by atoms with E-state index in [0.717, 1.165) is 5.56 Å². The van der Waals surface area contributed by atoms with E-state index in [4.69, 9.17) is 32.4 Å². The Balaban J connectivity index is 2.07. The fourth-order valence-electron chi connectivity index (χ4n) is 1.95. The molecule has 1 aromatic heterocycles. The Morgan fingerprint density at radius 1 is 1.24 bits per heavy atom. The van der Waals surface area contributed by atoms with Crippen molar-refractivity contribution in [3.05, 3.63) is 57.5 Å². The van der Waals surface area contributed by atoms with Crippen molar-refractivity contribution in [1.29, 1.82) is 0 Å². The minimum Gasteiger partial charge on any atom is -0.453 e. The lowest BCUT2D eigenvalue weighted by atomic mass is 10.2. The molecule has 0 aliphatic rings. The van der Waals surface area contributed by atoms with Crippen molar-refractivity contribution in [1.82, 2.24) is 4.90 Å². The molecule has 0 bridgehead atoms. The summed E-state index contributed by atoms with van der Waals surface area (Å²) >= 11 is 11.9. The average molecular weight is 328 g/mol. The first-order chi connectivity index (χ1) is 9.99. The van der Waals surface area contributed by atoms with Crippen molar-refractivity contribution in [2.24, 2.45) is 0 Å². The number of furan rings is 1. The standard InChI is InChI=1S/C15H15Cl2NO3/c1-18(8-10-5-11(16)7-12(17)6-10)15(19)14-4-3-13(21-14)9-20-2/h3-7H,8-9H2,1-2H3. The zero-order chi connectivity index (χ0) is 15.4. The third-order valence-corrected chi connectivity index (χ3v) is 3.28. The van der Waals surface area contributed by atoms with Crippen LogP contribution in [0, 0.1) is 0 Å². The summed E-state index contributed by atoms with van der Waals surface area (Å²) < 4.78 is 10.4. The molecule has 2 aromatic rings. The summed E-state index contributed by atoms with van der Waals surface area (Å²) in [4.78, 5) is 13.8. The van der Waals surface area contributed by atoms with Crippen LogP contribution in [0.2, 0.25) is 10.0 Å². The molecule has 0 fully saturated rings. The van der Waals surface area contributed by atoms with Crippen LogP contribution >= 0.6 is 23.2 Å². The number of halogens is 2. The fourth-order valence-corrected chi connectivity index (χ4v) is 2.52. The molecule has 0 N–H and O–H groups in total. The molecule has 1 amide bonds. The minimum absolute atomic E-state index is 0.214. The Hall–Kier alpha value is -1.49. The highest BCUT2D eigenvalue weighted by molar-refractivity contribution is 6.34. The number of benzene rings is 1. The van der Waals surface area contributed by atoms with Gasteiger partial charge in [-0.15, -0.1) is 0 Å². The van der Waals surface area contributed by atoms with E-state index in [9.17, 15) is 4.79 Å². The molecule has 6 heteroatoms. The SMILES string of the molecule is COCc1ccc(C(=O)N(C)Cc2cc(Cl)cc(Cl)c2)o1. The van der Waals surface area contributed by atoms with Crippen molar-refractivity contribution in [2.75, 3.05) is 14.2 Å². The van der Waals surface area contributed by atoms with Crippen molar-refractivity contribution >= 4 is 29.1 Å². The number of hydrogen-bond acceptors (Lipinski definition) is 3. The molecule has 0 saturated carbocycles. The van der Waals surface area contributed by atoms with Gasteiger partial charge in [0.15, 0.2) is 5.76 Å². The minimum atomic E-state index is -0.214. The molecule has 0 atom stereocenters. The number of carbonyl (C=O) groups excluding carboxylic acids is 1. The first kappa shape index (κ1) is 15.9. The lowest BCUT2D eigenvalue weighted by Gasteiger charge is -2.16. The fraction of sp³-hybridized carbons (Fsp3) is 0.267. The molecule has 1 heterocycles. The van der Waals surface area contributed by atoms with Gasteiger partial charge in [0.05, 0.1) is 0 Å². The second kappa shape index (κ2) is 6.98. The van der Waals surface area contributed by atoms with Crippen LogP contribution in [-0.4, -0.2) is 25.0 Å². The largest absolute Gasteiger partial charge is 0.453 e. The van der Waals surface area contributed by atoms with E-state index >= 15 is 0 Å². The van der Waals surface area contributed by atoms with Gasteiger partial charge in [0.1, 0.15) is 12.4 Å². The highest BCUT2D eigenvalue weighted by Crippen LogP contribution is 2.20. The predicted molar refractivity (Wildman–Crippen MR) is 81.7 cm³/mol. The molecule has 112 valence electrons. The van der Waals surface area contributed by atoms with Crippen LogP contribution < -0.4 is 0 Å². The van der Waals surface area contributed by atoms with Crippen LogP contribution in [0.5, 0.6) is 0 Å². The van der Waals surface area contributed by atoms with Crippen molar-refractivity contribution in [2.45, 2.75) is 13.2 Å². The number of hydrogen-bond donors (Lipinski definition) is 0. The van der Waals surface area contributed by atoms with Gasteiger partial charge in [-0.2, -0.15) is 0 Å². The summed E-state index contributed by atoms with van der Waals surface area (Å²) in [5.41, 5.74) is 0.854. The summed E-state index contributed by atoms with van der Waals surface area (Å²) in [5.74, 6) is 0.672. The normalized spacial score (nSPS) is 10.7. The third-order valence-electron chi connectivity index (χ3n) is 2.85. The Bertz CT molecular complexity index is 619. The first-order valence-electron chi connectivity index (χ1n) is 6.27. The van der Waals surface area contributed by atoms with Crippen LogP contribution in [0.25, 0.3) is 0 Å². The lowest BCUT2D eigenvalue weighted by Crippen LogP contribution is -2.25. The Morgan fingerprint density at radius 2 is 1.90 bits per heavy atom. The third kappa shape index (κ3) is 4.24. The zero-order valence-electron chi connectivity index (χ0n) is 11.7. The van der Waals surface area contributed by atoms with Gasteiger partial charge in [-0.3, -0.25) is 4.79 Å². The molecule has 0 unspecified atom stereocenters. The number of methoxy groups -OCH3 is 1. The van der Waals surface area contributed by atoms with Crippen LogP contribution in [0.15, 0.2) is 34.7 Å². The molecule has 1 aromatic carbocycles. The topological polar surface area (TPSA) is 42.7 Å². The van der Waals surface area contributed by atoms with Gasteiger partial charge in [-0.1, -0.05) is 23.2 Å². The maximum Gasteiger partial charge on any atom is 0.289 e. The van der Waals surface area contributed by atoms with Crippen LogP contribution in [0.1, 0.15) is 21.9 Å². The molecule has 2 rings (SSSR count). The van der Waals surface area contributed by atoms with Crippen molar-refractivity contribution in [3.8, 4) is 0 Å². The van der Waals surface area contributed by atoms with Gasteiger partial charge in [0.25, 0.3) is 5.91 Å². The highest BCUT2D eigenvalue weighted by atomic mass is 35.5. The average Bonchev–Trinajstić information content (AvgIpc) is 2.85. The van der Waals surface area contributed by atoms with Crippen molar-refractivity contribution < 1.29 is 13.9 Å². The van der Waals surface area contributed by atoms with Gasteiger partial charge >= 0.3 is 0 Å². The van der Waals surface area contributed by atoms with Crippen LogP contribution in [0.3, 0.4) is 0 Å². The van der Waals surface area contributed by atoms with Crippen LogP contribution in [0.4, 0.5) is 0 Å². The first-order valence-corrected chi connectivity index (χ1v) is 7.03. The van der Waals surface area contributed by atoms with E-state index in [1.807, 2.05) is 0 Å². The second-order valence-corrected chi connectivity index (χ2v) is 5.51. The molecule has 0 radical (unpaired) electrons. The maximum absolute atomic E-state index is 12.3. The maximum atomic E-state index is 12.3. The number of amides is 1.